The molecule has 0 unspecified atom stereocenters. The van der Waals surface area contributed by atoms with Crippen molar-refractivity contribution < 1.29 is 13.6 Å². The molecule has 0 radical (unpaired) electrons. The standard InChI is InChI=1S/C29H31FN4O2/c1-29(2,3)24-8-4-22(5-9-24)17-34(18-23-6-10-25(30)11-7-23)19-27-33-26(20-36-27)28(35)32-16-21-12-14-31-15-13-21/h4-15,20H,16-19H2,1-3H3,(H,32,35). The maximum atomic E-state index is 13.4. The Morgan fingerprint density at radius 3 is 2.11 bits per heavy atom. The number of hydrogen-bond donors (Lipinski definition) is 1. The van der Waals surface area contributed by atoms with Gasteiger partial charge in [0, 0.05) is 32.0 Å². The minimum absolute atomic E-state index is 0.0821. The average molecular weight is 487 g/mol. The highest BCUT2D eigenvalue weighted by Crippen LogP contribution is 2.23. The zero-order valence-electron chi connectivity index (χ0n) is 20.9. The largest absolute Gasteiger partial charge is 0.447 e. The first-order valence-electron chi connectivity index (χ1n) is 11.9. The molecule has 0 bridgehead atoms. The van der Waals surface area contributed by atoms with Crippen LogP contribution in [-0.2, 0) is 31.6 Å². The summed E-state index contributed by atoms with van der Waals surface area (Å²) in [4.78, 5) is 23.1. The quantitative estimate of drug-likeness (QED) is 0.332. The Labute approximate surface area is 211 Å². The van der Waals surface area contributed by atoms with Gasteiger partial charge in [0.05, 0.1) is 6.54 Å². The van der Waals surface area contributed by atoms with Crippen molar-refractivity contribution in [1.82, 2.24) is 20.2 Å². The fourth-order valence-corrected chi connectivity index (χ4v) is 3.84. The lowest BCUT2D eigenvalue weighted by Gasteiger charge is -2.23. The molecule has 1 N–H and O–H groups in total. The van der Waals surface area contributed by atoms with E-state index in [1.54, 1.807) is 24.5 Å². The molecule has 0 fully saturated rings. The molecule has 7 heteroatoms. The number of oxazole rings is 1. The van der Waals surface area contributed by atoms with Crippen molar-refractivity contribution in [2.24, 2.45) is 0 Å². The number of benzene rings is 2. The van der Waals surface area contributed by atoms with E-state index in [9.17, 15) is 9.18 Å². The predicted molar refractivity (Wildman–Crippen MR) is 136 cm³/mol. The number of amides is 1. The molecule has 186 valence electrons. The van der Waals surface area contributed by atoms with Gasteiger partial charge in [-0.05, 0) is 51.9 Å². The van der Waals surface area contributed by atoms with Crippen LogP contribution in [0.1, 0.15) is 59.4 Å². The van der Waals surface area contributed by atoms with Crippen LogP contribution in [0.25, 0.3) is 0 Å². The smallest absolute Gasteiger partial charge is 0.273 e. The Kier molecular flexibility index (Phi) is 7.90. The minimum Gasteiger partial charge on any atom is -0.447 e. The van der Waals surface area contributed by atoms with E-state index in [0.29, 0.717) is 32.1 Å². The van der Waals surface area contributed by atoms with Crippen molar-refractivity contribution in [2.75, 3.05) is 0 Å². The van der Waals surface area contributed by atoms with Gasteiger partial charge in [0.1, 0.15) is 12.1 Å². The van der Waals surface area contributed by atoms with Crippen LogP contribution >= 0.6 is 0 Å². The number of hydrogen-bond acceptors (Lipinski definition) is 5. The first-order chi connectivity index (χ1) is 17.3. The third kappa shape index (κ3) is 7.09. The Balaban J connectivity index is 1.45. The Morgan fingerprint density at radius 2 is 1.50 bits per heavy atom. The van der Waals surface area contributed by atoms with Crippen molar-refractivity contribution >= 4 is 5.91 Å². The molecule has 0 atom stereocenters. The van der Waals surface area contributed by atoms with Crippen molar-refractivity contribution in [3.8, 4) is 0 Å². The highest BCUT2D eigenvalue weighted by atomic mass is 19.1. The lowest BCUT2D eigenvalue weighted by molar-refractivity contribution is 0.0945. The first kappa shape index (κ1) is 25.3. The molecule has 6 nitrogen and oxygen atoms in total. The molecule has 0 aliphatic heterocycles. The summed E-state index contributed by atoms with van der Waals surface area (Å²) in [5.41, 5.74) is 4.65. The van der Waals surface area contributed by atoms with Gasteiger partial charge in [-0.2, -0.15) is 0 Å². The molecular weight excluding hydrogens is 455 g/mol. The van der Waals surface area contributed by atoms with E-state index >= 15 is 0 Å². The van der Waals surface area contributed by atoms with Gasteiger partial charge in [0.15, 0.2) is 5.69 Å². The zero-order chi connectivity index (χ0) is 25.5. The summed E-state index contributed by atoms with van der Waals surface area (Å²) in [6.45, 7) is 8.57. The number of aromatic nitrogens is 2. The Morgan fingerprint density at radius 1 is 0.889 bits per heavy atom. The van der Waals surface area contributed by atoms with E-state index in [1.165, 1.54) is 24.0 Å². The Bertz CT molecular complexity index is 1260. The van der Waals surface area contributed by atoms with Crippen molar-refractivity contribution in [1.29, 1.82) is 0 Å². The maximum absolute atomic E-state index is 13.4. The van der Waals surface area contributed by atoms with E-state index < -0.39 is 0 Å². The molecule has 1 amide bonds. The van der Waals surface area contributed by atoms with Crippen molar-refractivity contribution in [3.05, 3.63) is 119 Å². The zero-order valence-corrected chi connectivity index (χ0v) is 20.9. The molecular formula is C29H31FN4O2. The van der Waals surface area contributed by atoms with Crippen LogP contribution in [0.15, 0.2) is 83.7 Å². The Hall–Kier alpha value is -3.84. The summed E-state index contributed by atoms with van der Waals surface area (Å²) in [7, 11) is 0. The molecule has 0 spiro atoms. The van der Waals surface area contributed by atoms with E-state index in [1.807, 2.05) is 12.1 Å². The van der Waals surface area contributed by atoms with Gasteiger partial charge in [-0.3, -0.25) is 14.7 Å². The molecule has 2 heterocycles. The van der Waals surface area contributed by atoms with Gasteiger partial charge in [-0.15, -0.1) is 0 Å². The van der Waals surface area contributed by atoms with E-state index in [-0.39, 0.29) is 22.8 Å². The molecule has 2 aromatic heterocycles. The fourth-order valence-electron chi connectivity index (χ4n) is 3.84. The van der Waals surface area contributed by atoms with Gasteiger partial charge in [0.2, 0.25) is 5.89 Å². The number of carbonyl (C=O) groups is 1. The second-order valence-electron chi connectivity index (χ2n) is 9.88. The molecule has 4 rings (SSSR count). The molecule has 0 saturated heterocycles. The predicted octanol–water partition coefficient (Wildman–Crippen LogP) is 5.64. The molecule has 36 heavy (non-hydrogen) atoms. The maximum Gasteiger partial charge on any atom is 0.273 e. The SMILES string of the molecule is CC(C)(C)c1ccc(CN(Cc2ccc(F)cc2)Cc2nc(C(=O)NCc3ccncc3)co2)cc1. The summed E-state index contributed by atoms with van der Waals surface area (Å²) in [5, 5.41) is 2.85. The molecule has 2 aromatic carbocycles. The summed E-state index contributed by atoms with van der Waals surface area (Å²) in [6, 6.07) is 18.7. The molecule has 0 saturated carbocycles. The van der Waals surface area contributed by atoms with Crippen LogP contribution in [-0.4, -0.2) is 20.8 Å². The lowest BCUT2D eigenvalue weighted by Crippen LogP contribution is -2.24. The third-order valence-corrected chi connectivity index (χ3v) is 5.89. The summed E-state index contributed by atoms with van der Waals surface area (Å²) >= 11 is 0. The topological polar surface area (TPSA) is 71.3 Å². The number of carbonyl (C=O) groups excluding carboxylic acids is 1. The van der Waals surface area contributed by atoms with Gasteiger partial charge in [-0.1, -0.05) is 57.2 Å². The number of nitrogens with one attached hydrogen (secondary N) is 1. The summed E-state index contributed by atoms with van der Waals surface area (Å²) < 4.78 is 19.1. The van der Waals surface area contributed by atoms with Crippen LogP contribution in [0.3, 0.4) is 0 Å². The minimum atomic E-state index is -0.301. The second-order valence-corrected chi connectivity index (χ2v) is 9.88. The van der Waals surface area contributed by atoms with E-state index in [2.05, 4.69) is 65.2 Å². The van der Waals surface area contributed by atoms with Crippen molar-refractivity contribution in [2.45, 2.75) is 52.4 Å². The van der Waals surface area contributed by atoms with Crippen LogP contribution in [0.2, 0.25) is 0 Å². The van der Waals surface area contributed by atoms with E-state index in [0.717, 1.165) is 16.7 Å². The average Bonchev–Trinajstić information content (AvgIpc) is 3.33. The molecule has 0 aliphatic rings. The van der Waals surface area contributed by atoms with Gasteiger partial charge >= 0.3 is 0 Å². The summed E-state index contributed by atoms with van der Waals surface area (Å²) in [5.74, 6) is -0.125. The van der Waals surface area contributed by atoms with Gasteiger partial charge in [0.25, 0.3) is 5.91 Å². The first-order valence-corrected chi connectivity index (χ1v) is 11.9. The van der Waals surface area contributed by atoms with Crippen LogP contribution in [0.5, 0.6) is 0 Å². The highest BCUT2D eigenvalue weighted by Gasteiger charge is 2.17. The normalized spacial score (nSPS) is 11.6. The van der Waals surface area contributed by atoms with E-state index in [4.69, 9.17) is 4.42 Å². The lowest BCUT2D eigenvalue weighted by atomic mass is 9.87. The number of halogens is 1. The van der Waals surface area contributed by atoms with Gasteiger partial charge in [-0.25, -0.2) is 9.37 Å². The number of rotatable bonds is 9. The summed E-state index contributed by atoms with van der Waals surface area (Å²) in [6.07, 6.45) is 4.75. The highest BCUT2D eigenvalue weighted by molar-refractivity contribution is 5.91. The van der Waals surface area contributed by atoms with Crippen molar-refractivity contribution in [3.63, 3.8) is 0 Å². The fraction of sp³-hybridized carbons (Fsp3) is 0.276. The van der Waals surface area contributed by atoms with Crippen LogP contribution < -0.4 is 5.32 Å². The third-order valence-electron chi connectivity index (χ3n) is 5.89. The monoisotopic (exact) mass is 486 g/mol. The molecule has 0 aliphatic carbocycles. The van der Waals surface area contributed by atoms with Crippen LogP contribution in [0.4, 0.5) is 4.39 Å². The second kappa shape index (κ2) is 11.3. The van der Waals surface area contributed by atoms with Crippen LogP contribution in [0, 0.1) is 5.82 Å². The number of nitrogens with zero attached hydrogens (tertiary/aromatic N) is 3. The van der Waals surface area contributed by atoms with Gasteiger partial charge < -0.3 is 9.73 Å². The molecule has 4 aromatic rings. The number of pyridine rings is 1.